The Balaban J connectivity index is 2.09. The molecule has 3 nitrogen and oxygen atoms in total. The Morgan fingerprint density at radius 2 is 2.57 bits per heavy atom. The summed E-state index contributed by atoms with van der Waals surface area (Å²) in [5.74, 6) is 0.0683. The van der Waals surface area contributed by atoms with E-state index >= 15 is 0 Å². The topological polar surface area (TPSA) is 33.2 Å². The molecule has 0 saturated carbocycles. The van der Waals surface area contributed by atoms with Gasteiger partial charge in [-0.25, -0.2) is 4.98 Å². The minimum absolute atomic E-state index is 0.0683. The minimum Gasteiger partial charge on any atom is -0.336 e. The van der Waals surface area contributed by atoms with Gasteiger partial charge in [-0.15, -0.1) is 22.9 Å². The van der Waals surface area contributed by atoms with Gasteiger partial charge in [-0.3, -0.25) is 4.79 Å². The molecule has 1 aliphatic rings. The van der Waals surface area contributed by atoms with Crippen LogP contribution in [0.4, 0.5) is 0 Å². The van der Waals surface area contributed by atoms with Crippen molar-refractivity contribution in [2.24, 2.45) is 0 Å². The summed E-state index contributed by atoms with van der Waals surface area (Å²) in [6.07, 6.45) is 2.54. The Hall–Kier alpha value is -0.610. The van der Waals surface area contributed by atoms with Crippen molar-refractivity contribution in [3.63, 3.8) is 0 Å². The molecular weight excluding hydrogens is 220 g/mol. The number of rotatable bonds is 1. The van der Waals surface area contributed by atoms with Crippen LogP contribution in [0.3, 0.4) is 0 Å². The molecule has 1 saturated heterocycles. The van der Waals surface area contributed by atoms with E-state index in [2.05, 4.69) is 4.98 Å². The zero-order chi connectivity index (χ0) is 10.1. The first-order valence-corrected chi connectivity index (χ1v) is 5.78. The van der Waals surface area contributed by atoms with E-state index in [4.69, 9.17) is 11.6 Å². The van der Waals surface area contributed by atoms with E-state index in [1.807, 2.05) is 6.92 Å². The highest BCUT2D eigenvalue weighted by Gasteiger charge is 2.26. The second-order valence-electron chi connectivity index (χ2n) is 3.38. The lowest BCUT2D eigenvalue weighted by Crippen LogP contribution is -2.28. The summed E-state index contributed by atoms with van der Waals surface area (Å²) >= 11 is 7.38. The fraction of sp³-hybridized carbons (Fsp3) is 0.556. The van der Waals surface area contributed by atoms with E-state index in [1.54, 1.807) is 11.1 Å². The molecule has 14 heavy (non-hydrogen) atoms. The highest BCUT2D eigenvalue weighted by molar-refractivity contribution is 7.13. The van der Waals surface area contributed by atoms with Gasteiger partial charge in [-0.05, 0) is 13.3 Å². The summed E-state index contributed by atoms with van der Waals surface area (Å²) in [6.45, 7) is 3.33. The van der Waals surface area contributed by atoms with Crippen molar-refractivity contribution in [3.8, 4) is 0 Å². The Bertz CT molecular complexity index is 352. The molecule has 1 unspecified atom stereocenters. The number of halogens is 1. The quantitative estimate of drug-likeness (QED) is 0.691. The number of thiazole rings is 1. The van der Waals surface area contributed by atoms with Gasteiger partial charge < -0.3 is 4.90 Å². The SMILES string of the molecule is Cc1ncc(C(=O)N2CCC(Cl)C2)s1. The number of aromatic nitrogens is 1. The van der Waals surface area contributed by atoms with Crippen LogP contribution in [0.5, 0.6) is 0 Å². The van der Waals surface area contributed by atoms with Crippen molar-refractivity contribution >= 4 is 28.8 Å². The maximum atomic E-state index is 11.8. The van der Waals surface area contributed by atoms with E-state index in [-0.39, 0.29) is 11.3 Å². The summed E-state index contributed by atoms with van der Waals surface area (Å²) in [6, 6.07) is 0. The number of carbonyl (C=O) groups excluding carboxylic acids is 1. The molecule has 1 atom stereocenters. The van der Waals surface area contributed by atoms with Crippen LogP contribution in [0.25, 0.3) is 0 Å². The molecule has 0 radical (unpaired) electrons. The molecule has 0 aliphatic carbocycles. The van der Waals surface area contributed by atoms with Gasteiger partial charge >= 0.3 is 0 Å². The zero-order valence-electron chi connectivity index (χ0n) is 7.86. The molecule has 76 valence electrons. The minimum atomic E-state index is 0.0683. The third kappa shape index (κ3) is 1.91. The van der Waals surface area contributed by atoms with Crippen LogP contribution < -0.4 is 0 Å². The summed E-state index contributed by atoms with van der Waals surface area (Å²) in [5.41, 5.74) is 0. The van der Waals surface area contributed by atoms with Crippen LogP contribution in [-0.2, 0) is 0 Å². The number of carbonyl (C=O) groups is 1. The van der Waals surface area contributed by atoms with E-state index in [1.165, 1.54) is 11.3 Å². The lowest BCUT2D eigenvalue weighted by molar-refractivity contribution is 0.0797. The van der Waals surface area contributed by atoms with E-state index in [0.717, 1.165) is 18.0 Å². The number of nitrogens with zero attached hydrogens (tertiary/aromatic N) is 2. The smallest absolute Gasteiger partial charge is 0.265 e. The van der Waals surface area contributed by atoms with Crippen molar-refractivity contribution in [2.75, 3.05) is 13.1 Å². The molecule has 0 N–H and O–H groups in total. The Morgan fingerprint density at radius 1 is 1.79 bits per heavy atom. The number of alkyl halides is 1. The van der Waals surface area contributed by atoms with Crippen LogP contribution in [0, 0.1) is 6.92 Å². The van der Waals surface area contributed by atoms with Crippen molar-refractivity contribution in [2.45, 2.75) is 18.7 Å². The molecular formula is C9H11ClN2OS. The normalized spacial score (nSPS) is 21.6. The third-order valence-corrected chi connectivity index (χ3v) is 3.51. The Kier molecular flexibility index (Phi) is 2.74. The van der Waals surface area contributed by atoms with Gasteiger partial charge in [0.15, 0.2) is 0 Å². The molecule has 2 heterocycles. The summed E-state index contributed by atoms with van der Waals surface area (Å²) in [7, 11) is 0. The van der Waals surface area contributed by atoms with Crippen molar-refractivity contribution in [1.82, 2.24) is 9.88 Å². The number of likely N-dealkylation sites (tertiary alicyclic amines) is 1. The Morgan fingerprint density at radius 3 is 3.07 bits per heavy atom. The molecule has 0 aromatic carbocycles. The molecule has 0 spiro atoms. The van der Waals surface area contributed by atoms with Crippen molar-refractivity contribution in [1.29, 1.82) is 0 Å². The van der Waals surface area contributed by atoms with E-state index in [0.29, 0.717) is 11.4 Å². The van der Waals surface area contributed by atoms with Crippen molar-refractivity contribution in [3.05, 3.63) is 16.1 Å². The first-order valence-electron chi connectivity index (χ1n) is 4.52. The van der Waals surface area contributed by atoms with Crippen LogP contribution in [0.2, 0.25) is 0 Å². The van der Waals surface area contributed by atoms with Gasteiger partial charge in [0, 0.05) is 13.1 Å². The summed E-state index contributed by atoms with van der Waals surface area (Å²) in [5, 5.41) is 1.04. The molecule has 0 bridgehead atoms. The van der Waals surface area contributed by atoms with Gasteiger partial charge in [0.05, 0.1) is 16.6 Å². The predicted octanol–water partition coefficient (Wildman–Crippen LogP) is 1.90. The highest BCUT2D eigenvalue weighted by atomic mass is 35.5. The number of aryl methyl sites for hydroxylation is 1. The Labute approximate surface area is 91.7 Å². The lowest BCUT2D eigenvalue weighted by Gasteiger charge is -2.13. The second-order valence-corrected chi connectivity index (χ2v) is 5.23. The molecule has 1 fully saturated rings. The summed E-state index contributed by atoms with van der Waals surface area (Å²) < 4.78 is 0. The summed E-state index contributed by atoms with van der Waals surface area (Å²) in [4.78, 5) is 18.4. The predicted molar refractivity (Wildman–Crippen MR) is 57.0 cm³/mol. The maximum absolute atomic E-state index is 11.8. The molecule has 2 rings (SSSR count). The molecule has 5 heteroatoms. The average molecular weight is 231 g/mol. The fourth-order valence-electron chi connectivity index (χ4n) is 1.52. The van der Waals surface area contributed by atoms with Crippen LogP contribution >= 0.6 is 22.9 Å². The monoisotopic (exact) mass is 230 g/mol. The lowest BCUT2D eigenvalue weighted by atomic mass is 10.4. The maximum Gasteiger partial charge on any atom is 0.265 e. The fourth-order valence-corrected chi connectivity index (χ4v) is 2.53. The van der Waals surface area contributed by atoms with Crippen LogP contribution in [-0.4, -0.2) is 34.3 Å². The van der Waals surface area contributed by atoms with Gasteiger partial charge in [-0.1, -0.05) is 0 Å². The third-order valence-electron chi connectivity index (χ3n) is 2.25. The molecule has 1 aromatic rings. The van der Waals surface area contributed by atoms with Gasteiger partial charge in [0.25, 0.3) is 5.91 Å². The first kappa shape index (κ1) is 9.93. The van der Waals surface area contributed by atoms with E-state index in [9.17, 15) is 4.79 Å². The van der Waals surface area contributed by atoms with E-state index < -0.39 is 0 Å². The molecule has 1 amide bonds. The molecule has 1 aromatic heterocycles. The number of amides is 1. The van der Waals surface area contributed by atoms with Crippen LogP contribution in [0.1, 0.15) is 21.1 Å². The zero-order valence-corrected chi connectivity index (χ0v) is 9.44. The largest absolute Gasteiger partial charge is 0.336 e. The van der Waals surface area contributed by atoms with Gasteiger partial charge in [0.2, 0.25) is 0 Å². The van der Waals surface area contributed by atoms with Crippen molar-refractivity contribution < 1.29 is 4.79 Å². The second kappa shape index (κ2) is 3.87. The standard InChI is InChI=1S/C9H11ClN2OS/c1-6-11-4-8(14-6)9(13)12-3-2-7(10)5-12/h4,7H,2-3,5H2,1H3. The van der Waals surface area contributed by atoms with Gasteiger partial charge in [-0.2, -0.15) is 0 Å². The first-order chi connectivity index (χ1) is 6.66. The van der Waals surface area contributed by atoms with Gasteiger partial charge in [0.1, 0.15) is 4.88 Å². The average Bonchev–Trinajstić information content (AvgIpc) is 2.73. The van der Waals surface area contributed by atoms with Crippen LogP contribution in [0.15, 0.2) is 6.20 Å². The molecule has 1 aliphatic heterocycles. The number of hydrogen-bond donors (Lipinski definition) is 0. The highest BCUT2D eigenvalue weighted by Crippen LogP contribution is 2.20. The number of hydrogen-bond acceptors (Lipinski definition) is 3.